The topological polar surface area (TPSA) is 85.2 Å². The van der Waals surface area contributed by atoms with E-state index in [0.29, 0.717) is 22.2 Å². The van der Waals surface area contributed by atoms with Crippen LogP contribution in [0, 0.1) is 0 Å². The first-order valence-corrected chi connectivity index (χ1v) is 5.35. The van der Waals surface area contributed by atoms with E-state index in [-0.39, 0.29) is 0 Å². The molecule has 0 aliphatic heterocycles. The molecule has 82 valence electrons. The lowest BCUT2D eigenvalue weighted by Gasteiger charge is -2.08. The van der Waals surface area contributed by atoms with Crippen LogP contribution in [0.3, 0.4) is 0 Å². The Morgan fingerprint density at radius 3 is 2.62 bits per heavy atom. The Morgan fingerprint density at radius 1 is 1.31 bits per heavy atom. The average molecular weight is 234 g/mol. The second-order valence-electron chi connectivity index (χ2n) is 3.08. The molecule has 6 heteroatoms. The number of rotatable bonds is 3. The molecule has 2 rings (SSSR count). The van der Waals surface area contributed by atoms with Gasteiger partial charge in [0.15, 0.2) is 5.13 Å². The van der Waals surface area contributed by atoms with Crippen molar-refractivity contribution in [3.63, 3.8) is 0 Å². The third kappa shape index (κ3) is 1.88. The summed E-state index contributed by atoms with van der Waals surface area (Å²) in [6.07, 6.45) is 0.527. The van der Waals surface area contributed by atoms with E-state index in [9.17, 15) is 4.79 Å². The van der Waals surface area contributed by atoms with Gasteiger partial charge in [-0.1, -0.05) is 41.7 Å². The maximum Gasteiger partial charge on any atom is 0.229 e. The predicted octanol–water partition coefficient (Wildman–Crippen LogP) is 1.23. The number of carbonyl (C=O) groups excluding carboxylic acids is 1. The fourth-order valence-corrected chi connectivity index (χ4v) is 2.08. The maximum atomic E-state index is 10.6. The van der Waals surface area contributed by atoms with E-state index in [1.165, 1.54) is 11.3 Å². The van der Waals surface area contributed by atoms with Crippen LogP contribution in [0.15, 0.2) is 30.3 Å². The highest BCUT2D eigenvalue weighted by molar-refractivity contribution is 7.20. The van der Waals surface area contributed by atoms with Crippen LogP contribution in [0.2, 0.25) is 0 Å². The molecule has 0 unspecified atom stereocenters. The Hall–Kier alpha value is -1.92. The lowest BCUT2D eigenvalue weighted by molar-refractivity contribution is -0.107. The van der Waals surface area contributed by atoms with Crippen LogP contribution in [0.25, 0.3) is 11.3 Å². The molecule has 0 saturated heterocycles. The molecule has 1 amide bonds. The number of benzene rings is 1. The Labute approximate surface area is 96.3 Å². The number of nitrogens with zero attached hydrogens (tertiary/aromatic N) is 2. The molecule has 0 aliphatic rings. The van der Waals surface area contributed by atoms with Gasteiger partial charge in [-0.2, -0.15) is 0 Å². The smallest absolute Gasteiger partial charge is 0.229 e. The zero-order chi connectivity index (χ0) is 11.5. The van der Waals surface area contributed by atoms with E-state index in [4.69, 9.17) is 11.6 Å². The zero-order valence-electron chi connectivity index (χ0n) is 8.33. The minimum absolute atomic E-state index is 0.381. The first-order valence-electron chi connectivity index (χ1n) is 4.53. The van der Waals surface area contributed by atoms with E-state index in [2.05, 4.69) is 4.98 Å². The van der Waals surface area contributed by atoms with Crippen molar-refractivity contribution in [2.24, 2.45) is 5.84 Å². The van der Waals surface area contributed by atoms with Crippen molar-refractivity contribution in [2.75, 3.05) is 10.7 Å². The van der Waals surface area contributed by atoms with Gasteiger partial charge in [-0.05, 0) is 0 Å². The molecule has 0 fully saturated rings. The molecule has 0 radical (unpaired) electrons. The highest BCUT2D eigenvalue weighted by atomic mass is 32.1. The van der Waals surface area contributed by atoms with Crippen LogP contribution < -0.4 is 16.6 Å². The van der Waals surface area contributed by atoms with Gasteiger partial charge in [-0.15, -0.1) is 0 Å². The Bertz CT molecular complexity index is 497. The van der Waals surface area contributed by atoms with Gasteiger partial charge in [-0.3, -0.25) is 4.79 Å². The van der Waals surface area contributed by atoms with Crippen LogP contribution in [-0.4, -0.2) is 11.4 Å². The van der Waals surface area contributed by atoms with Gasteiger partial charge in [0.2, 0.25) is 6.41 Å². The first-order chi connectivity index (χ1) is 7.72. The molecule has 0 atom stereocenters. The van der Waals surface area contributed by atoms with Gasteiger partial charge in [-0.25, -0.2) is 15.8 Å². The minimum atomic E-state index is 0.381. The van der Waals surface area contributed by atoms with Crippen molar-refractivity contribution in [1.82, 2.24) is 4.98 Å². The zero-order valence-corrected chi connectivity index (χ0v) is 9.15. The number of hydrogen-bond acceptors (Lipinski definition) is 5. The number of hydrogen-bond donors (Lipinski definition) is 2. The molecule has 0 aliphatic carbocycles. The van der Waals surface area contributed by atoms with Crippen LogP contribution in [-0.2, 0) is 4.79 Å². The number of carbonyl (C=O) groups is 1. The summed E-state index contributed by atoms with van der Waals surface area (Å²) in [6, 6.07) is 9.44. The molecule has 16 heavy (non-hydrogen) atoms. The third-order valence-corrected chi connectivity index (χ3v) is 2.92. The summed E-state index contributed by atoms with van der Waals surface area (Å²) in [5.41, 5.74) is 7.12. The molecule has 0 saturated carbocycles. The third-order valence-electron chi connectivity index (χ3n) is 2.02. The molecule has 0 spiro atoms. The SMILES string of the molecule is Nc1nc(-c2ccccc2)c(N(N)C=O)s1. The fraction of sp³-hybridized carbons (Fsp3) is 0. The van der Waals surface area contributed by atoms with Crippen LogP contribution in [0.4, 0.5) is 10.1 Å². The van der Waals surface area contributed by atoms with E-state index in [1.807, 2.05) is 30.3 Å². The van der Waals surface area contributed by atoms with E-state index < -0.39 is 0 Å². The molecule has 4 N–H and O–H groups in total. The van der Waals surface area contributed by atoms with Gasteiger partial charge in [0.1, 0.15) is 10.7 Å². The second kappa shape index (κ2) is 4.30. The normalized spacial score (nSPS) is 10.1. The highest BCUT2D eigenvalue weighted by Crippen LogP contribution is 2.35. The van der Waals surface area contributed by atoms with Gasteiger partial charge in [0, 0.05) is 5.56 Å². The molecular weight excluding hydrogens is 224 g/mol. The average Bonchev–Trinajstić information content (AvgIpc) is 2.71. The number of hydrazine groups is 1. The molecule has 5 nitrogen and oxygen atoms in total. The summed E-state index contributed by atoms with van der Waals surface area (Å²) in [6.45, 7) is 0. The van der Waals surface area contributed by atoms with Crippen molar-refractivity contribution in [3.8, 4) is 11.3 Å². The summed E-state index contributed by atoms with van der Waals surface area (Å²) in [7, 11) is 0. The quantitative estimate of drug-likeness (QED) is 0.362. The van der Waals surface area contributed by atoms with Crippen molar-refractivity contribution < 1.29 is 4.79 Å². The summed E-state index contributed by atoms with van der Waals surface area (Å²) < 4.78 is 0. The van der Waals surface area contributed by atoms with E-state index in [0.717, 1.165) is 10.6 Å². The molecule has 1 aromatic heterocycles. The summed E-state index contributed by atoms with van der Waals surface area (Å²) in [5, 5.41) is 1.90. The molecule has 2 aromatic rings. The molecule has 0 bridgehead atoms. The lowest BCUT2D eigenvalue weighted by atomic mass is 10.2. The summed E-state index contributed by atoms with van der Waals surface area (Å²) in [4.78, 5) is 14.8. The number of amides is 1. The number of anilines is 2. The first kappa shape index (κ1) is 10.6. The maximum absolute atomic E-state index is 10.6. The Morgan fingerprint density at radius 2 is 2.00 bits per heavy atom. The summed E-state index contributed by atoms with van der Waals surface area (Å²) in [5.74, 6) is 5.53. The van der Waals surface area contributed by atoms with Gasteiger partial charge >= 0.3 is 0 Å². The van der Waals surface area contributed by atoms with Crippen molar-refractivity contribution in [3.05, 3.63) is 30.3 Å². The molecule has 1 heterocycles. The Balaban J connectivity index is 2.52. The number of aromatic nitrogens is 1. The molecular formula is C10H10N4OS. The monoisotopic (exact) mass is 234 g/mol. The number of nitrogen functional groups attached to an aromatic ring is 1. The van der Waals surface area contributed by atoms with Crippen molar-refractivity contribution >= 4 is 27.9 Å². The predicted molar refractivity (Wildman–Crippen MR) is 64.7 cm³/mol. The highest BCUT2D eigenvalue weighted by Gasteiger charge is 2.15. The minimum Gasteiger partial charge on any atom is -0.375 e. The van der Waals surface area contributed by atoms with Crippen molar-refractivity contribution in [1.29, 1.82) is 0 Å². The van der Waals surface area contributed by atoms with E-state index in [1.54, 1.807) is 0 Å². The Kier molecular flexibility index (Phi) is 2.84. The van der Waals surface area contributed by atoms with Crippen LogP contribution in [0.1, 0.15) is 0 Å². The lowest BCUT2D eigenvalue weighted by Crippen LogP contribution is -2.28. The number of thiazole rings is 1. The largest absolute Gasteiger partial charge is 0.375 e. The van der Waals surface area contributed by atoms with E-state index >= 15 is 0 Å². The van der Waals surface area contributed by atoms with Crippen LogP contribution in [0.5, 0.6) is 0 Å². The standard InChI is InChI=1S/C10H10N4OS/c11-10-13-8(7-4-2-1-3-5-7)9(16-10)14(12)6-15/h1-6H,12H2,(H2,11,13). The number of nitrogens with two attached hydrogens (primary N) is 2. The van der Waals surface area contributed by atoms with Gasteiger partial charge in [0.05, 0.1) is 0 Å². The van der Waals surface area contributed by atoms with Gasteiger partial charge in [0.25, 0.3) is 0 Å². The molecule has 1 aromatic carbocycles. The second-order valence-corrected chi connectivity index (χ2v) is 4.09. The van der Waals surface area contributed by atoms with Gasteiger partial charge < -0.3 is 5.73 Å². The fourth-order valence-electron chi connectivity index (χ4n) is 1.34. The summed E-state index contributed by atoms with van der Waals surface area (Å²) >= 11 is 1.18. The van der Waals surface area contributed by atoms with Crippen molar-refractivity contribution in [2.45, 2.75) is 0 Å². The van der Waals surface area contributed by atoms with Crippen LogP contribution >= 0.6 is 11.3 Å².